The molecule has 7 rings (SSSR count). The molecular weight excluding hydrogens is 488 g/mol. The highest BCUT2D eigenvalue weighted by atomic mass is 16.5. The zero-order valence-electron chi connectivity index (χ0n) is 22.1. The fraction of sp³-hybridized carbons (Fsp3) is 0.323. The molecule has 4 heterocycles. The monoisotopic (exact) mass is 520 g/mol. The van der Waals surface area contributed by atoms with Gasteiger partial charge in [-0.05, 0) is 31.9 Å². The molecule has 3 aromatic heterocycles. The summed E-state index contributed by atoms with van der Waals surface area (Å²) in [6, 6.07) is 19.1. The number of morpholine rings is 1. The average molecular weight is 521 g/mol. The minimum Gasteiger partial charge on any atom is -0.493 e. The topological polar surface area (TPSA) is 90.8 Å². The number of aromatic nitrogens is 4. The van der Waals surface area contributed by atoms with Gasteiger partial charge in [-0.15, -0.1) is 0 Å². The molecule has 0 atom stereocenters. The van der Waals surface area contributed by atoms with Gasteiger partial charge in [0, 0.05) is 60.0 Å². The Bertz CT molecular complexity index is 1640. The van der Waals surface area contributed by atoms with Gasteiger partial charge in [-0.1, -0.05) is 36.4 Å². The quantitative estimate of drug-likeness (QED) is 0.330. The Morgan fingerprint density at radius 2 is 1.82 bits per heavy atom. The highest BCUT2D eigenvalue weighted by Gasteiger charge is 2.38. The Kier molecular flexibility index (Phi) is 6.14. The summed E-state index contributed by atoms with van der Waals surface area (Å²) in [7, 11) is 0. The number of nitrogen functional groups attached to an aromatic ring is 1. The maximum Gasteiger partial charge on any atom is 0.150 e. The molecule has 8 nitrogen and oxygen atoms in total. The Labute approximate surface area is 227 Å². The normalized spacial score (nSPS) is 19.8. The molecule has 2 aliphatic rings. The van der Waals surface area contributed by atoms with Crippen LogP contribution in [0.25, 0.3) is 38.9 Å². The molecule has 2 N–H and O–H groups in total. The predicted octanol–water partition coefficient (Wildman–Crippen LogP) is 5.17. The van der Waals surface area contributed by atoms with Crippen molar-refractivity contribution in [1.29, 1.82) is 0 Å². The molecule has 0 spiro atoms. The second-order valence-electron chi connectivity index (χ2n) is 10.4. The summed E-state index contributed by atoms with van der Waals surface area (Å²) >= 11 is 0. The first kappa shape index (κ1) is 24.1. The summed E-state index contributed by atoms with van der Waals surface area (Å²) in [5.74, 6) is 2.75. The molecule has 1 aliphatic carbocycles. The van der Waals surface area contributed by atoms with Gasteiger partial charge in [0.05, 0.1) is 31.0 Å². The van der Waals surface area contributed by atoms with E-state index < -0.39 is 0 Å². The van der Waals surface area contributed by atoms with Crippen LogP contribution in [0.3, 0.4) is 0 Å². The van der Waals surface area contributed by atoms with Crippen molar-refractivity contribution in [3.8, 4) is 28.3 Å². The van der Waals surface area contributed by atoms with Crippen LogP contribution in [0.2, 0.25) is 0 Å². The van der Waals surface area contributed by atoms with E-state index in [1.165, 1.54) is 0 Å². The summed E-state index contributed by atoms with van der Waals surface area (Å²) in [5, 5.41) is 0.975. The highest BCUT2D eigenvalue weighted by molar-refractivity contribution is 5.94. The Morgan fingerprint density at radius 1 is 1.00 bits per heavy atom. The van der Waals surface area contributed by atoms with Crippen molar-refractivity contribution < 1.29 is 9.47 Å². The van der Waals surface area contributed by atoms with Gasteiger partial charge in [0.1, 0.15) is 28.6 Å². The van der Waals surface area contributed by atoms with Crippen LogP contribution in [-0.2, 0) is 4.74 Å². The fourth-order valence-electron chi connectivity index (χ4n) is 5.99. The van der Waals surface area contributed by atoms with Crippen molar-refractivity contribution in [3.05, 3.63) is 72.8 Å². The molecule has 5 aromatic rings. The molecule has 39 heavy (non-hydrogen) atoms. The van der Waals surface area contributed by atoms with Crippen molar-refractivity contribution in [2.75, 3.05) is 38.6 Å². The molecule has 0 amide bonds. The Hall–Kier alpha value is -4.01. The smallest absolute Gasteiger partial charge is 0.150 e. The molecular formula is C31H32N6O2. The van der Waals surface area contributed by atoms with Gasteiger partial charge in [-0.25, -0.2) is 15.0 Å². The second-order valence-corrected chi connectivity index (χ2v) is 10.4. The zero-order valence-corrected chi connectivity index (χ0v) is 22.1. The maximum atomic E-state index is 6.46. The number of ether oxygens (including phenoxy) is 2. The van der Waals surface area contributed by atoms with Gasteiger partial charge in [-0.3, -0.25) is 9.30 Å². The minimum atomic E-state index is 0.383. The molecule has 0 unspecified atom stereocenters. The van der Waals surface area contributed by atoms with Crippen LogP contribution in [0.1, 0.15) is 31.5 Å². The van der Waals surface area contributed by atoms with Crippen LogP contribution in [-0.4, -0.2) is 63.2 Å². The van der Waals surface area contributed by atoms with Crippen molar-refractivity contribution in [2.45, 2.75) is 31.7 Å². The lowest BCUT2D eigenvalue weighted by atomic mass is 9.78. The molecule has 1 saturated carbocycles. The summed E-state index contributed by atoms with van der Waals surface area (Å²) < 4.78 is 13.7. The maximum absolute atomic E-state index is 6.46. The first-order valence-electron chi connectivity index (χ1n) is 13.8. The van der Waals surface area contributed by atoms with Gasteiger partial charge >= 0.3 is 0 Å². The lowest BCUT2D eigenvalue weighted by Crippen LogP contribution is -2.49. The third-order valence-corrected chi connectivity index (χ3v) is 8.07. The van der Waals surface area contributed by atoms with Crippen LogP contribution < -0.4 is 10.5 Å². The molecule has 0 radical (unpaired) electrons. The summed E-state index contributed by atoms with van der Waals surface area (Å²) in [4.78, 5) is 17.2. The van der Waals surface area contributed by atoms with Gasteiger partial charge in [0.15, 0.2) is 0 Å². The van der Waals surface area contributed by atoms with Crippen molar-refractivity contribution in [3.63, 3.8) is 0 Å². The van der Waals surface area contributed by atoms with Crippen LogP contribution >= 0.6 is 0 Å². The van der Waals surface area contributed by atoms with E-state index in [1.54, 1.807) is 6.20 Å². The van der Waals surface area contributed by atoms with Crippen molar-refractivity contribution in [2.24, 2.45) is 0 Å². The van der Waals surface area contributed by atoms with Crippen LogP contribution in [0.4, 0.5) is 5.82 Å². The molecule has 2 fully saturated rings. The van der Waals surface area contributed by atoms with Gasteiger partial charge in [-0.2, -0.15) is 0 Å². The Balaban J connectivity index is 1.30. The lowest BCUT2D eigenvalue weighted by Gasteiger charge is -2.43. The van der Waals surface area contributed by atoms with Crippen LogP contribution in [0.15, 0.2) is 67.0 Å². The largest absolute Gasteiger partial charge is 0.493 e. The first-order valence-corrected chi connectivity index (χ1v) is 13.8. The molecule has 1 saturated heterocycles. The lowest BCUT2D eigenvalue weighted by molar-refractivity contribution is -0.00778. The van der Waals surface area contributed by atoms with E-state index in [0.717, 1.165) is 89.7 Å². The highest BCUT2D eigenvalue weighted by Crippen LogP contribution is 2.42. The van der Waals surface area contributed by atoms with E-state index >= 15 is 0 Å². The fourth-order valence-corrected chi connectivity index (χ4v) is 5.99. The average Bonchev–Trinajstić information content (AvgIpc) is 3.34. The predicted molar refractivity (Wildman–Crippen MR) is 153 cm³/mol. The number of nitrogens with zero attached hydrogens (tertiary/aromatic N) is 5. The van der Waals surface area contributed by atoms with E-state index in [9.17, 15) is 0 Å². The summed E-state index contributed by atoms with van der Waals surface area (Å²) in [6.45, 7) is 6.27. The third kappa shape index (κ3) is 4.30. The standard InChI is InChI=1S/C31H32N6O2/c1-2-39-27-19-25(20-6-4-3-5-7-20)34-26-18-21(8-9-24(26)27)28-29-30(32)33-10-11-37(29)31(35-28)22-16-23(17-22)36-12-14-38-15-13-36/h3-11,18-19,22-23H,2,12-17H2,1H3,(H2,32,33). The van der Waals surface area contributed by atoms with Crippen LogP contribution in [0, 0.1) is 0 Å². The van der Waals surface area contributed by atoms with E-state index in [4.69, 9.17) is 25.2 Å². The van der Waals surface area contributed by atoms with Crippen molar-refractivity contribution >= 4 is 22.2 Å². The molecule has 1 aliphatic heterocycles. The van der Waals surface area contributed by atoms with Crippen LogP contribution in [0.5, 0.6) is 5.75 Å². The van der Waals surface area contributed by atoms with Gasteiger partial charge in [0.2, 0.25) is 0 Å². The number of benzene rings is 2. The number of hydrogen-bond donors (Lipinski definition) is 1. The number of pyridine rings is 1. The van der Waals surface area contributed by atoms with Crippen molar-refractivity contribution in [1.82, 2.24) is 24.3 Å². The molecule has 0 bridgehead atoms. The number of nitrogens with two attached hydrogens (primary N) is 1. The van der Waals surface area contributed by atoms with E-state index in [1.807, 2.05) is 37.4 Å². The molecule has 2 aromatic carbocycles. The molecule has 8 heteroatoms. The summed E-state index contributed by atoms with van der Waals surface area (Å²) in [5.41, 5.74) is 11.9. The van der Waals surface area contributed by atoms with Gasteiger partial charge in [0.25, 0.3) is 0 Å². The van der Waals surface area contributed by atoms with E-state index in [2.05, 4.69) is 44.6 Å². The number of hydrogen-bond acceptors (Lipinski definition) is 7. The minimum absolute atomic E-state index is 0.383. The molecule has 198 valence electrons. The number of anilines is 1. The summed E-state index contributed by atoms with van der Waals surface area (Å²) in [6.07, 6.45) is 5.94. The third-order valence-electron chi connectivity index (χ3n) is 8.07. The van der Waals surface area contributed by atoms with E-state index in [0.29, 0.717) is 24.4 Å². The van der Waals surface area contributed by atoms with Gasteiger partial charge < -0.3 is 15.2 Å². The number of fused-ring (bicyclic) bond motifs is 2. The number of rotatable bonds is 6. The SMILES string of the molecule is CCOc1cc(-c2ccccc2)nc2cc(-c3nc(C4CC(N5CCOCC5)C4)n4ccnc(N)c34)ccc12. The Morgan fingerprint density at radius 3 is 2.62 bits per heavy atom. The number of imidazole rings is 1. The zero-order chi connectivity index (χ0) is 26.3. The second kappa shape index (κ2) is 9.94. The van der Waals surface area contributed by atoms with E-state index in [-0.39, 0.29) is 0 Å². The first-order chi connectivity index (χ1) is 19.2.